The molecular formula is C14H10BrNO5. The van der Waals surface area contributed by atoms with E-state index >= 15 is 0 Å². The molecule has 0 aromatic heterocycles. The van der Waals surface area contributed by atoms with Gasteiger partial charge in [0.15, 0.2) is 11.5 Å². The molecule has 21 heavy (non-hydrogen) atoms. The average molecular weight is 352 g/mol. The van der Waals surface area contributed by atoms with Crippen molar-refractivity contribution in [2.24, 2.45) is 0 Å². The van der Waals surface area contributed by atoms with E-state index in [1.54, 1.807) is 18.2 Å². The van der Waals surface area contributed by atoms with E-state index < -0.39 is 4.92 Å². The summed E-state index contributed by atoms with van der Waals surface area (Å²) >= 11 is 3.32. The number of hydrogen-bond donors (Lipinski definition) is 0. The SMILES string of the molecule is O=[N+]([O-])c1cc2c(cc1Oc1cccc(Br)c1)OCCO2. The fourth-order valence-electron chi connectivity index (χ4n) is 1.94. The molecule has 6 nitrogen and oxygen atoms in total. The van der Waals surface area contributed by atoms with E-state index in [-0.39, 0.29) is 11.4 Å². The molecule has 0 amide bonds. The number of benzene rings is 2. The van der Waals surface area contributed by atoms with E-state index in [0.29, 0.717) is 30.5 Å². The molecule has 0 spiro atoms. The smallest absolute Gasteiger partial charge is 0.315 e. The predicted octanol–water partition coefficient (Wildman–Crippen LogP) is 3.92. The molecule has 108 valence electrons. The molecule has 0 saturated carbocycles. The Morgan fingerprint density at radius 1 is 1.14 bits per heavy atom. The summed E-state index contributed by atoms with van der Waals surface area (Å²) in [4.78, 5) is 10.7. The van der Waals surface area contributed by atoms with Gasteiger partial charge in [0, 0.05) is 10.5 Å². The van der Waals surface area contributed by atoms with Crippen molar-refractivity contribution in [1.82, 2.24) is 0 Å². The molecule has 7 heteroatoms. The van der Waals surface area contributed by atoms with Gasteiger partial charge in [0.05, 0.1) is 11.0 Å². The molecule has 0 aliphatic carbocycles. The van der Waals surface area contributed by atoms with E-state index in [1.807, 2.05) is 6.07 Å². The van der Waals surface area contributed by atoms with Gasteiger partial charge in [0.1, 0.15) is 19.0 Å². The first kappa shape index (κ1) is 13.7. The Morgan fingerprint density at radius 3 is 2.52 bits per heavy atom. The molecule has 2 aromatic carbocycles. The highest BCUT2D eigenvalue weighted by Gasteiger charge is 2.23. The Labute approximate surface area is 128 Å². The Hall–Kier alpha value is -2.28. The molecule has 0 saturated heterocycles. The maximum absolute atomic E-state index is 11.2. The average Bonchev–Trinajstić information content (AvgIpc) is 2.46. The van der Waals surface area contributed by atoms with Crippen LogP contribution in [-0.4, -0.2) is 18.1 Å². The van der Waals surface area contributed by atoms with Crippen LogP contribution in [0.15, 0.2) is 40.9 Å². The maximum Gasteiger partial charge on any atom is 0.315 e. The summed E-state index contributed by atoms with van der Waals surface area (Å²) < 4.78 is 17.2. The van der Waals surface area contributed by atoms with Crippen LogP contribution < -0.4 is 14.2 Å². The van der Waals surface area contributed by atoms with Gasteiger partial charge in [0.2, 0.25) is 5.75 Å². The van der Waals surface area contributed by atoms with Crippen LogP contribution in [-0.2, 0) is 0 Å². The third-order valence-corrected chi connectivity index (χ3v) is 3.34. The second kappa shape index (κ2) is 5.61. The standard InChI is InChI=1S/C14H10BrNO5/c15-9-2-1-3-10(6-9)21-12-8-14-13(19-4-5-20-14)7-11(12)16(17)18/h1-3,6-8H,4-5H2. The lowest BCUT2D eigenvalue weighted by Gasteiger charge is -2.19. The first-order valence-electron chi connectivity index (χ1n) is 6.15. The quantitative estimate of drug-likeness (QED) is 0.619. The molecule has 3 rings (SSSR count). The zero-order valence-electron chi connectivity index (χ0n) is 10.7. The first-order valence-corrected chi connectivity index (χ1v) is 6.94. The predicted molar refractivity (Wildman–Crippen MR) is 78.3 cm³/mol. The lowest BCUT2D eigenvalue weighted by atomic mass is 10.2. The minimum atomic E-state index is -0.508. The van der Waals surface area contributed by atoms with Crippen LogP contribution >= 0.6 is 15.9 Å². The topological polar surface area (TPSA) is 70.8 Å². The van der Waals surface area contributed by atoms with Gasteiger partial charge in [-0.15, -0.1) is 0 Å². The van der Waals surface area contributed by atoms with Gasteiger partial charge in [0.25, 0.3) is 0 Å². The molecule has 2 aromatic rings. The molecule has 1 heterocycles. The van der Waals surface area contributed by atoms with Crippen molar-refractivity contribution in [3.63, 3.8) is 0 Å². The zero-order chi connectivity index (χ0) is 14.8. The number of halogens is 1. The number of nitrogens with zero attached hydrogens (tertiary/aromatic N) is 1. The largest absolute Gasteiger partial charge is 0.486 e. The van der Waals surface area contributed by atoms with E-state index in [9.17, 15) is 10.1 Å². The minimum Gasteiger partial charge on any atom is -0.486 e. The van der Waals surface area contributed by atoms with Gasteiger partial charge >= 0.3 is 5.69 Å². The highest BCUT2D eigenvalue weighted by molar-refractivity contribution is 9.10. The van der Waals surface area contributed by atoms with E-state index in [0.717, 1.165) is 4.47 Å². The van der Waals surface area contributed by atoms with Gasteiger partial charge in [-0.2, -0.15) is 0 Å². The molecule has 0 unspecified atom stereocenters. The third kappa shape index (κ3) is 2.92. The molecule has 0 bridgehead atoms. The molecule has 1 aliphatic rings. The van der Waals surface area contributed by atoms with Crippen molar-refractivity contribution in [2.75, 3.05) is 13.2 Å². The summed E-state index contributed by atoms with van der Waals surface area (Å²) in [6.45, 7) is 0.775. The van der Waals surface area contributed by atoms with Crippen LogP contribution in [0.4, 0.5) is 5.69 Å². The van der Waals surface area contributed by atoms with Crippen molar-refractivity contribution < 1.29 is 19.1 Å². The number of rotatable bonds is 3. The second-order valence-corrected chi connectivity index (χ2v) is 5.20. The van der Waals surface area contributed by atoms with Gasteiger partial charge in [-0.3, -0.25) is 10.1 Å². The van der Waals surface area contributed by atoms with Crippen LogP contribution in [0.25, 0.3) is 0 Å². The first-order chi connectivity index (χ1) is 10.1. The summed E-state index contributed by atoms with van der Waals surface area (Å²) in [5, 5.41) is 11.2. The maximum atomic E-state index is 11.2. The fraction of sp³-hybridized carbons (Fsp3) is 0.143. The summed E-state index contributed by atoms with van der Waals surface area (Å²) in [5.74, 6) is 1.40. The number of nitro benzene ring substituents is 1. The molecule has 0 radical (unpaired) electrons. The van der Waals surface area contributed by atoms with Gasteiger partial charge in [-0.05, 0) is 18.2 Å². The Kier molecular flexibility index (Phi) is 3.66. The number of nitro groups is 1. The third-order valence-electron chi connectivity index (χ3n) is 2.84. The highest BCUT2D eigenvalue weighted by Crippen LogP contribution is 2.42. The van der Waals surface area contributed by atoms with Crippen molar-refractivity contribution in [3.8, 4) is 23.0 Å². The van der Waals surface area contributed by atoms with Crippen LogP contribution in [0.1, 0.15) is 0 Å². The normalized spacial score (nSPS) is 12.8. The molecule has 1 aliphatic heterocycles. The van der Waals surface area contributed by atoms with E-state index in [1.165, 1.54) is 12.1 Å². The van der Waals surface area contributed by atoms with Crippen molar-refractivity contribution in [3.05, 3.63) is 51.0 Å². The number of fused-ring (bicyclic) bond motifs is 1. The van der Waals surface area contributed by atoms with Gasteiger partial charge < -0.3 is 14.2 Å². The molecular weight excluding hydrogens is 342 g/mol. The highest BCUT2D eigenvalue weighted by atomic mass is 79.9. The van der Waals surface area contributed by atoms with Crippen molar-refractivity contribution in [1.29, 1.82) is 0 Å². The monoisotopic (exact) mass is 351 g/mol. The summed E-state index contributed by atoms with van der Waals surface area (Å²) in [7, 11) is 0. The molecule has 0 atom stereocenters. The van der Waals surface area contributed by atoms with Gasteiger partial charge in [-0.1, -0.05) is 22.0 Å². The summed E-state index contributed by atoms with van der Waals surface area (Å²) in [6, 6.07) is 9.86. The Balaban J connectivity index is 2.01. The molecule has 0 fully saturated rings. The Morgan fingerprint density at radius 2 is 1.86 bits per heavy atom. The fourth-order valence-corrected chi connectivity index (χ4v) is 2.32. The van der Waals surface area contributed by atoms with Crippen LogP contribution in [0, 0.1) is 10.1 Å². The minimum absolute atomic E-state index is 0.113. The van der Waals surface area contributed by atoms with Crippen LogP contribution in [0.5, 0.6) is 23.0 Å². The lowest BCUT2D eigenvalue weighted by Crippen LogP contribution is -2.15. The summed E-state index contributed by atoms with van der Waals surface area (Å²) in [5.41, 5.74) is -0.167. The number of ether oxygens (including phenoxy) is 3. The van der Waals surface area contributed by atoms with Crippen molar-refractivity contribution in [2.45, 2.75) is 0 Å². The van der Waals surface area contributed by atoms with Crippen molar-refractivity contribution >= 4 is 21.6 Å². The summed E-state index contributed by atoms with van der Waals surface area (Å²) in [6.07, 6.45) is 0. The Bertz CT molecular complexity index is 704. The van der Waals surface area contributed by atoms with Crippen LogP contribution in [0.3, 0.4) is 0 Å². The zero-order valence-corrected chi connectivity index (χ0v) is 12.3. The second-order valence-electron chi connectivity index (χ2n) is 4.28. The number of hydrogen-bond acceptors (Lipinski definition) is 5. The van der Waals surface area contributed by atoms with Gasteiger partial charge in [-0.25, -0.2) is 0 Å². The van der Waals surface area contributed by atoms with E-state index in [4.69, 9.17) is 14.2 Å². The lowest BCUT2D eigenvalue weighted by molar-refractivity contribution is -0.385. The molecule has 0 N–H and O–H groups in total. The van der Waals surface area contributed by atoms with Crippen LogP contribution in [0.2, 0.25) is 0 Å². The van der Waals surface area contributed by atoms with E-state index in [2.05, 4.69) is 15.9 Å².